The molecule has 1 aromatic carbocycles. The van der Waals surface area contributed by atoms with Gasteiger partial charge in [-0.15, -0.1) is 0 Å². The highest BCUT2D eigenvalue weighted by Crippen LogP contribution is 2.25. The van der Waals surface area contributed by atoms with Gasteiger partial charge in [0.2, 0.25) is 5.88 Å². The van der Waals surface area contributed by atoms with E-state index in [4.69, 9.17) is 26.9 Å². The molecule has 0 unspecified atom stereocenters. The first kappa shape index (κ1) is 12.8. The topological polar surface area (TPSA) is 69.7 Å². The first-order valence-electron chi connectivity index (χ1n) is 5.07. The van der Waals surface area contributed by atoms with Crippen LogP contribution < -0.4 is 4.74 Å². The van der Waals surface area contributed by atoms with Gasteiger partial charge in [0.25, 0.3) is 0 Å². The Bertz CT molecular complexity index is 719. The lowest BCUT2D eigenvalue weighted by atomic mass is 10.2. The highest BCUT2D eigenvalue weighted by Gasteiger charge is 2.08. The smallest absolute Gasteiger partial charge is 0.222 e. The molecule has 0 spiro atoms. The molecule has 19 heavy (non-hydrogen) atoms. The Kier molecular flexibility index (Phi) is 3.61. The zero-order chi connectivity index (χ0) is 13.8. The normalized spacial score (nSPS) is 9.47. The van der Waals surface area contributed by atoms with Gasteiger partial charge in [-0.05, 0) is 24.3 Å². The second kappa shape index (κ2) is 5.34. The van der Waals surface area contributed by atoms with Gasteiger partial charge in [0.05, 0.1) is 23.3 Å². The number of hydrogen-bond acceptors (Lipinski definition) is 4. The lowest BCUT2D eigenvalue weighted by Gasteiger charge is -2.06. The minimum absolute atomic E-state index is 0.00709. The average Bonchev–Trinajstić information content (AvgIpc) is 2.40. The van der Waals surface area contributed by atoms with Gasteiger partial charge < -0.3 is 4.74 Å². The van der Waals surface area contributed by atoms with Crippen LogP contribution in [0, 0.1) is 28.5 Å². The summed E-state index contributed by atoms with van der Waals surface area (Å²) in [6, 6.07) is 10.2. The predicted molar refractivity (Wildman–Crippen MR) is 65.2 cm³/mol. The maximum absolute atomic E-state index is 13.6. The summed E-state index contributed by atoms with van der Waals surface area (Å²) < 4.78 is 18.8. The molecule has 0 radical (unpaired) electrons. The second-order valence-electron chi connectivity index (χ2n) is 3.49. The van der Waals surface area contributed by atoms with Gasteiger partial charge in [0.1, 0.15) is 5.15 Å². The van der Waals surface area contributed by atoms with Gasteiger partial charge in [0, 0.05) is 6.07 Å². The van der Waals surface area contributed by atoms with Crippen LogP contribution in [0.2, 0.25) is 5.15 Å². The van der Waals surface area contributed by atoms with Crippen molar-refractivity contribution in [2.45, 2.75) is 0 Å². The number of halogens is 2. The SMILES string of the molecule is N#Cc1cc(Cl)nc(Oc2ccc(C#N)cc2F)c1. The average molecular weight is 274 g/mol. The summed E-state index contributed by atoms with van der Waals surface area (Å²) in [6.45, 7) is 0. The summed E-state index contributed by atoms with van der Waals surface area (Å²) in [6.07, 6.45) is 0. The minimum atomic E-state index is -0.695. The number of hydrogen-bond donors (Lipinski definition) is 0. The molecular weight excluding hydrogens is 269 g/mol. The third kappa shape index (κ3) is 2.98. The van der Waals surface area contributed by atoms with Crippen LogP contribution in [-0.2, 0) is 0 Å². The van der Waals surface area contributed by atoms with Crippen LogP contribution in [0.25, 0.3) is 0 Å². The first-order valence-corrected chi connectivity index (χ1v) is 5.45. The molecule has 0 atom stereocenters. The highest BCUT2D eigenvalue weighted by molar-refractivity contribution is 6.29. The van der Waals surface area contributed by atoms with Crippen molar-refractivity contribution in [2.75, 3.05) is 0 Å². The van der Waals surface area contributed by atoms with E-state index in [-0.39, 0.29) is 27.9 Å². The van der Waals surface area contributed by atoms with E-state index >= 15 is 0 Å². The van der Waals surface area contributed by atoms with Crippen molar-refractivity contribution in [3.05, 3.63) is 52.4 Å². The molecule has 6 heteroatoms. The van der Waals surface area contributed by atoms with Crippen molar-refractivity contribution in [2.24, 2.45) is 0 Å². The molecule has 0 saturated heterocycles. The van der Waals surface area contributed by atoms with Crippen molar-refractivity contribution < 1.29 is 9.13 Å². The summed E-state index contributed by atoms with van der Waals surface area (Å²) in [5.74, 6) is -0.787. The van der Waals surface area contributed by atoms with Crippen molar-refractivity contribution >= 4 is 11.6 Å². The minimum Gasteiger partial charge on any atom is -0.436 e. The largest absolute Gasteiger partial charge is 0.436 e. The van der Waals surface area contributed by atoms with E-state index in [0.29, 0.717) is 0 Å². The van der Waals surface area contributed by atoms with Gasteiger partial charge in [-0.2, -0.15) is 10.5 Å². The molecule has 0 bridgehead atoms. The Morgan fingerprint density at radius 2 is 1.84 bits per heavy atom. The van der Waals surface area contributed by atoms with Gasteiger partial charge in [-0.1, -0.05) is 11.6 Å². The van der Waals surface area contributed by atoms with Gasteiger partial charge in [0.15, 0.2) is 11.6 Å². The fourth-order valence-corrected chi connectivity index (χ4v) is 1.56. The second-order valence-corrected chi connectivity index (χ2v) is 3.87. The quantitative estimate of drug-likeness (QED) is 0.786. The van der Waals surface area contributed by atoms with Crippen LogP contribution in [0.4, 0.5) is 4.39 Å². The summed E-state index contributed by atoms with van der Waals surface area (Å²) >= 11 is 5.70. The van der Waals surface area contributed by atoms with Gasteiger partial charge >= 0.3 is 0 Å². The van der Waals surface area contributed by atoms with Gasteiger partial charge in [-0.25, -0.2) is 9.37 Å². The first-order chi connectivity index (χ1) is 9.12. The zero-order valence-corrected chi connectivity index (χ0v) is 10.1. The number of pyridine rings is 1. The molecule has 1 aromatic heterocycles. The fourth-order valence-electron chi connectivity index (χ4n) is 1.36. The molecule has 0 fully saturated rings. The zero-order valence-electron chi connectivity index (χ0n) is 9.39. The Hall–Kier alpha value is -2.63. The number of ether oxygens (including phenoxy) is 1. The van der Waals surface area contributed by atoms with Crippen molar-refractivity contribution in [3.63, 3.8) is 0 Å². The monoisotopic (exact) mass is 273 g/mol. The van der Waals surface area contributed by atoms with Crippen molar-refractivity contribution in [3.8, 4) is 23.8 Å². The molecule has 0 saturated carbocycles. The van der Waals surface area contributed by atoms with Crippen LogP contribution >= 0.6 is 11.6 Å². The van der Waals surface area contributed by atoms with Crippen LogP contribution in [0.15, 0.2) is 30.3 Å². The molecular formula is C13H5ClFN3O. The van der Waals surface area contributed by atoms with E-state index in [9.17, 15) is 4.39 Å². The summed E-state index contributed by atoms with van der Waals surface area (Å²) in [4.78, 5) is 3.82. The summed E-state index contributed by atoms with van der Waals surface area (Å²) in [7, 11) is 0. The number of benzene rings is 1. The molecule has 2 rings (SSSR count). The third-order valence-corrected chi connectivity index (χ3v) is 2.37. The lowest BCUT2D eigenvalue weighted by Crippen LogP contribution is -1.93. The van der Waals surface area contributed by atoms with E-state index in [1.807, 2.05) is 12.1 Å². The molecule has 4 nitrogen and oxygen atoms in total. The maximum Gasteiger partial charge on any atom is 0.222 e. The molecule has 0 amide bonds. The number of nitrogens with zero attached hydrogens (tertiary/aromatic N) is 3. The third-order valence-electron chi connectivity index (χ3n) is 2.18. The molecule has 0 aliphatic rings. The van der Waals surface area contributed by atoms with E-state index in [1.54, 1.807) is 0 Å². The standard InChI is InChI=1S/C13H5ClFN3O/c14-12-4-9(7-17)5-13(18-12)19-11-2-1-8(6-16)3-10(11)15/h1-5H. The molecule has 2 aromatic rings. The van der Waals surface area contributed by atoms with Crippen LogP contribution in [0.3, 0.4) is 0 Å². The molecule has 1 heterocycles. The maximum atomic E-state index is 13.6. The van der Waals surface area contributed by atoms with Crippen molar-refractivity contribution in [1.29, 1.82) is 10.5 Å². The number of aromatic nitrogens is 1. The predicted octanol–water partition coefficient (Wildman–Crippen LogP) is 3.41. The Morgan fingerprint density at radius 1 is 1.11 bits per heavy atom. The van der Waals surface area contributed by atoms with Crippen LogP contribution in [-0.4, -0.2) is 4.98 Å². The lowest BCUT2D eigenvalue weighted by molar-refractivity contribution is 0.427. The summed E-state index contributed by atoms with van der Waals surface area (Å²) in [5, 5.41) is 17.5. The van der Waals surface area contributed by atoms with E-state index < -0.39 is 5.82 Å². The fraction of sp³-hybridized carbons (Fsp3) is 0. The molecule has 0 aliphatic carbocycles. The molecule has 0 N–H and O–H groups in total. The molecule has 0 aliphatic heterocycles. The highest BCUT2D eigenvalue weighted by atomic mass is 35.5. The Morgan fingerprint density at radius 3 is 2.47 bits per heavy atom. The van der Waals surface area contributed by atoms with Crippen LogP contribution in [0.1, 0.15) is 11.1 Å². The molecule has 92 valence electrons. The van der Waals surface area contributed by atoms with Crippen molar-refractivity contribution in [1.82, 2.24) is 4.98 Å². The Balaban J connectivity index is 2.34. The van der Waals surface area contributed by atoms with Gasteiger partial charge in [-0.3, -0.25) is 0 Å². The summed E-state index contributed by atoms with van der Waals surface area (Å²) in [5.41, 5.74) is 0.436. The number of rotatable bonds is 2. The number of nitriles is 2. The van der Waals surface area contributed by atoms with E-state index in [1.165, 1.54) is 24.3 Å². The van der Waals surface area contributed by atoms with Crippen LogP contribution in [0.5, 0.6) is 11.6 Å². The Labute approximate surface area is 113 Å². The van der Waals surface area contributed by atoms with E-state index in [2.05, 4.69) is 4.98 Å². The van der Waals surface area contributed by atoms with E-state index in [0.717, 1.165) is 6.07 Å².